The second-order valence-corrected chi connectivity index (χ2v) is 10.0. The van der Waals surface area contributed by atoms with E-state index in [9.17, 15) is 8.42 Å². The standard InChI is InChI=1S/C16H23N3O2S2/c1-13(2)4-7-15-12-19(18-17-15)10-11-22-23(20,21)16-8-5-14(3)6-9-16/h5-6,8-9,12-13H,4,7,10-11H2,1-3H3. The summed E-state index contributed by atoms with van der Waals surface area (Å²) in [6.45, 7) is 6.82. The summed E-state index contributed by atoms with van der Waals surface area (Å²) in [7, 11) is -2.36. The average Bonchev–Trinajstić information content (AvgIpc) is 2.93. The highest BCUT2D eigenvalue weighted by Gasteiger charge is 2.15. The molecule has 0 aliphatic rings. The molecule has 0 amide bonds. The van der Waals surface area contributed by atoms with Crippen LogP contribution < -0.4 is 0 Å². The molecule has 126 valence electrons. The minimum absolute atomic E-state index is 0.351. The van der Waals surface area contributed by atoms with Gasteiger partial charge in [-0.25, -0.2) is 8.42 Å². The van der Waals surface area contributed by atoms with Gasteiger partial charge in [0.2, 0.25) is 8.87 Å². The Morgan fingerprint density at radius 2 is 1.91 bits per heavy atom. The van der Waals surface area contributed by atoms with Gasteiger partial charge in [-0.2, -0.15) is 0 Å². The molecule has 0 radical (unpaired) electrons. The molecule has 0 atom stereocenters. The van der Waals surface area contributed by atoms with E-state index >= 15 is 0 Å². The van der Waals surface area contributed by atoms with Gasteiger partial charge in [-0.3, -0.25) is 4.68 Å². The van der Waals surface area contributed by atoms with Crippen molar-refractivity contribution in [3.8, 4) is 0 Å². The largest absolute Gasteiger partial charge is 0.251 e. The number of aromatic nitrogens is 3. The van der Waals surface area contributed by atoms with Gasteiger partial charge < -0.3 is 0 Å². The molecule has 1 aromatic heterocycles. The molecule has 1 aromatic carbocycles. The fourth-order valence-corrected chi connectivity index (χ4v) is 4.72. The summed E-state index contributed by atoms with van der Waals surface area (Å²) in [6, 6.07) is 6.92. The summed E-state index contributed by atoms with van der Waals surface area (Å²) in [5.74, 6) is 1.08. The first-order valence-corrected chi connectivity index (χ1v) is 10.7. The second-order valence-electron chi connectivity index (χ2n) is 5.99. The van der Waals surface area contributed by atoms with E-state index in [1.165, 1.54) is 0 Å². The molecule has 0 fully saturated rings. The third-order valence-corrected chi connectivity index (χ3v) is 6.95. The van der Waals surface area contributed by atoms with E-state index in [0.29, 0.717) is 23.1 Å². The van der Waals surface area contributed by atoms with Crippen LogP contribution in [0, 0.1) is 12.8 Å². The zero-order chi connectivity index (χ0) is 16.9. The van der Waals surface area contributed by atoms with Gasteiger partial charge in [0, 0.05) is 11.9 Å². The van der Waals surface area contributed by atoms with Gasteiger partial charge in [0.25, 0.3) is 0 Å². The van der Waals surface area contributed by atoms with E-state index in [2.05, 4.69) is 24.2 Å². The maximum absolute atomic E-state index is 12.2. The lowest BCUT2D eigenvalue weighted by molar-refractivity contribution is 0.580. The molecule has 23 heavy (non-hydrogen) atoms. The van der Waals surface area contributed by atoms with Gasteiger partial charge in [-0.15, -0.1) is 5.10 Å². The van der Waals surface area contributed by atoms with Crippen molar-refractivity contribution in [3.63, 3.8) is 0 Å². The second kappa shape index (κ2) is 7.97. The molecule has 0 saturated carbocycles. The molecule has 5 nitrogen and oxygen atoms in total. The van der Waals surface area contributed by atoms with Crippen LogP contribution in [0.25, 0.3) is 0 Å². The number of benzene rings is 1. The maximum Gasteiger partial charge on any atom is 0.230 e. The van der Waals surface area contributed by atoms with Gasteiger partial charge in [0.15, 0.2) is 0 Å². The topological polar surface area (TPSA) is 64.8 Å². The summed E-state index contributed by atoms with van der Waals surface area (Å²) < 4.78 is 26.2. The Balaban J connectivity index is 1.85. The van der Waals surface area contributed by atoms with Gasteiger partial charge in [-0.1, -0.05) is 36.8 Å². The van der Waals surface area contributed by atoms with Gasteiger partial charge in [0.05, 0.1) is 17.1 Å². The highest BCUT2D eigenvalue weighted by molar-refractivity contribution is 8.72. The first-order valence-electron chi connectivity index (χ1n) is 7.72. The molecular formula is C16H23N3O2S2. The van der Waals surface area contributed by atoms with Crippen LogP contribution in [-0.4, -0.2) is 29.2 Å². The Kier molecular flexibility index (Phi) is 6.24. The van der Waals surface area contributed by atoms with Crippen molar-refractivity contribution in [2.75, 3.05) is 5.75 Å². The van der Waals surface area contributed by atoms with Crippen molar-refractivity contribution >= 4 is 19.7 Å². The van der Waals surface area contributed by atoms with E-state index in [0.717, 1.165) is 34.9 Å². The van der Waals surface area contributed by atoms with Crippen LogP contribution in [0.3, 0.4) is 0 Å². The summed E-state index contributed by atoms with van der Waals surface area (Å²) in [4.78, 5) is 0.351. The van der Waals surface area contributed by atoms with Gasteiger partial charge in [0.1, 0.15) is 0 Å². The number of rotatable bonds is 8. The van der Waals surface area contributed by atoms with E-state index in [4.69, 9.17) is 0 Å². The maximum atomic E-state index is 12.2. The number of aryl methyl sites for hydroxylation is 3. The Morgan fingerprint density at radius 1 is 1.22 bits per heavy atom. The van der Waals surface area contributed by atoms with Crippen molar-refractivity contribution in [2.24, 2.45) is 5.92 Å². The van der Waals surface area contributed by atoms with E-state index < -0.39 is 8.87 Å². The van der Waals surface area contributed by atoms with E-state index in [1.54, 1.807) is 16.8 Å². The van der Waals surface area contributed by atoms with Gasteiger partial charge >= 0.3 is 0 Å². The highest BCUT2D eigenvalue weighted by Crippen LogP contribution is 2.23. The highest BCUT2D eigenvalue weighted by atomic mass is 33.1. The third kappa shape index (κ3) is 5.66. The average molecular weight is 354 g/mol. The van der Waals surface area contributed by atoms with E-state index in [-0.39, 0.29) is 0 Å². The quantitative estimate of drug-likeness (QED) is 0.681. The van der Waals surface area contributed by atoms with Crippen LogP contribution in [0.4, 0.5) is 0 Å². The predicted octanol–water partition coefficient (Wildman–Crippen LogP) is 3.30. The monoisotopic (exact) mass is 353 g/mol. The van der Waals surface area contributed by atoms with Crippen molar-refractivity contribution in [1.82, 2.24) is 15.0 Å². The minimum Gasteiger partial charge on any atom is -0.251 e. The van der Waals surface area contributed by atoms with Crippen LogP contribution in [-0.2, 0) is 21.8 Å². The third-order valence-electron chi connectivity index (χ3n) is 3.43. The lowest BCUT2D eigenvalue weighted by Crippen LogP contribution is -2.04. The normalized spacial score (nSPS) is 12.0. The Hall–Kier alpha value is -1.34. The molecule has 0 saturated heterocycles. The molecule has 2 aromatic rings. The first-order chi connectivity index (χ1) is 10.9. The first kappa shape index (κ1) is 18.0. The molecular weight excluding hydrogens is 330 g/mol. The molecule has 7 heteroatoms. The lowest BCUT2D eigenvalue weighted by Gasteiger charge is -2.04. The fraction of sp³-hybridized carbons (Fsp3) is 0.500. The molecule has 0 N–H and O–H groups in total. The zero-order valence-electron chi connectivity index (χ0n) is 13.8. The smallest absolute Gasteiger partial charge is 0.230 e. The van der Waals surface area contributed by atoms with Crippen molar-refractivity contribution in [1.29, 1.82) is 0 Å². The molecule has 0 unspecified atom stereocenters. The summed E-state index contributed by atoms with van der Waals surface area (Å²) in [6.07, 6.45) is 3.89. The van der Waals surface area contributed by atoms with Crippen LogP contribution in [0.2, 0.25) is 0 Å². The zero-order valence-corrected chi connectivity index (χ0v) is 15.4. The summed E-state index contributed by atoms with van der Waals surface area (Å²) in [5, 5.41) is 8.18. The molecule has 0 aliphatic carbocycles. The summed E-state index contributed by atoms with van der Waals surface area (Å²) >= 11 is 0. The Labute approximate surface area is 141 Å². The predicted molar refractivity (Wildman–Crippen MR) is 94.0 cm³/mol. The van der Waals surface area contributed by atoms with Crippen LogP contribution in [0.5, 0.6) is 0 Å². The Morgan fingerprint density at radius 3 is 2.57 bits per heavy atom. The molecule has 0 bridgehead atoms. The van der Waals surface area contributed by atoms with Crippen LogP contribution in [0.15, 0.2) is 35.4 Å². The minimum atomic E-state index is -3.31. The summed E-state index contributed by atoms with van der Waals surface area (Å²) in [5.41, 5.74) is 2.01. The fourth-order valence-electron chi connectivity index (χ4n) is 2.01. The molecule has 0 aliphatic heterocycles. The van der Waals surface area contributed by atoms with E-state index in [1.807, 2.05) is 25.3 Å². The molecule has 0 spiro atoms. The van der Waals surface area contributed by atoms with Crippen LogP contribution in [0.1, 0.15) is 31.5 Å². The van der Waals surface area contributed by atoms with Crippen LogP contribution >= 0.6 is 10.8 Å². The lowest BCUT2D eigenvalue weighted by atomic mass is 10.1. The SMILES string of the molecule is Cc1ccc(S(=O)(=O)SCCn2cc(CCC(C)C)nn2)cc1. The van der Waals surface area contributed by atoms with Gasteiger partial charge in [-0.05, 0) is 48.6 Å². The molecule has 1 heterocycles. The Bertz CT molecular complexity index is 722. The number of hydrogen-bond acceptors (Lipinski definition) is 5. The van der Waals surface area contributed by atoms with Crippen molar-refractivity contribution < 1.29 is 8.42 Å². The number of nitrogens with zero attached hydrogens (tertiary/aromatic N) is 3. The number of hydrogen-bond donors (Lipinski definition) is 0. The van der Waals surface area contributed by atoms with Crippen molar-refractivity contribution in [2.45, 2.75) is 45.1 Å². The molecule has 2 rings (SSSR count). The van der Waals surface area contributed by atoms with Crippen molar-refractivity contribution in [3.05, 3.63) is 41.7 Å².